The van der Waals surface area contributed by atoms with Crippen LogP contribution in [-0.2, 0) is 6.42 Å². The first kappa shape index (κ1) is 12.0. The van der Waals surface area contributed by atoms with E-state index in [1.807, 2.05) is 6.92 Å². The van der Waals surface area contributed by atoms with E-state index in [4.69, 9.17) is 0 Å². The van der Waals surface area contributed by atoms with Crippen LogP contribution < -0.4 is 0 Å². The van der Waals surface area contributed by atoms with E-state index in [1.54, 1.807) is 6.08 Å². The maximum atomic E-state index is 3.36. The van der Waals surface area contributed by atoms with Crippen LogP contribution in [0.5, 0.6) is 0 Å². The molecule has 13 heavy (non-hydrogen) atoms. The van der Waals surface area contributed by atoms with Gasteiger partial charge in [-0.25, -0.2) is 0 Å². The standard InChI is InChI=1S/C10H14.C3H6/c1-9(2)8-10-6-4-3-5-7-10;1-3-2/h3-7,9H,8H2,1-2H3;3H,1H2,2H3. The van der Waals surface area contributed by atoms with Gasteiger partial charge in [-0.3, -0.25) is 0 Å². The molecule has 72 valence electrons. The van der Waals surface area contributed by atoms with Gasteiger partial charge in [0.1, 0.15) is 0 Å². The van der Waals surface area contributed by atoms with Crippen LogP contribution in [0.4, 0.5) is 0 Å². The monoisotopic (exact) mass is 176 g/mol. The second-order valence-corrected chi connectivity index (χ2v) is 3.49. The van der Waals surface area contributed by atoms with Crippen LogP contribution in [0.15, 0.2) is 43.0 Å². The van der Waals surface area contributed by atoms with Gasteiger partial charge in [-0.05, 0) is 24.8 Å². The summed E-state index contributed by atoms with van der Waals surface area (Å²) < 4.78 is 0. The lowest BCUT2D eigenvalue weighted by molar-refractivity contribution is 0.647. The Morgan fingerprint density at radius 2 is 1.69 bits per heavy atom. The predicted molar refractivity (Wildman–Crippen MR) is 60.9 cm³/mol. The van der Waals surface area contributed by atoms with Crippen molar-refractivity contribution in [2.24, 2.45) is 5.92 Å². The number of rotatable bonds is 2. The summed E-state index contributed by atoms with van der Waals surface area (Å²) in [6.07, 6.45) is 2.95. The highest BCUT2D eigenvalue weighted by molar-refractivity contribution is 5.14. The van der Waals surface area contributed by atoms with Crippen molar-refractivity contribution in [3.05, 3.63) is 48.6 Å². The normalized spacial score (nSPS) is 8.92. The van der Waals surface area contributed by atoms with E-state index < -0.39 is 0 Å². The largest absolute Gasteiger partial charge is 0.103 e. The molecular formula is C13H20. The molecule has 1 aromatic rings. The highest BCUT2D eigenvalue weighted by Crippen LogP contribution is 2.05. The topological polar surface area (TPSA) is 0 Å². The maximum absolute atomic E-state index is 3.36. The van der Waals surface area contributed by atoms with E-state index in [2.05, 4.69) is 50.8 Å². The molecule has 0 aliphatic rings. The lowest BCUT2D eigenvalue weighted by Gasteiger charge is -2.02. The number of hydrogen-bond acceptors (Lipinski definition) is 0. The van der Waals surface area contributed by atoms with E-state index in [-0.39, 0.29) is 0 Å². The van der Waals surface area contributed by atoms with Crippen molar-refractivity contribution in [3.63, 3.8) is 0 Å². The average molecular weight is 176 g/mol. The highest BCUT2D eigenvalue weighted by Gasteiger charge is 1.94. The van der Waals surface area contributed by atoms with Gasteiger partial charge in [0.25, 0.3) is 0 Å². The fraction of sp³-hybridized carbons (Fsp3) is 0.385. The summed E-state index contributed by atoms with van der Waals surface area (Å²) in [6.45, 7) is 9.74. The lowest BCUT2D eigenvalue weighted by atomic mass is 10.0. The fourth-order valence-electron chi connectivity index (χ4n) is 1.09. The molecule has 0 heterocycles. The molecule has 0 aliphatic heterocycles. The zero-order chi connectivity index (χ0) is 10.1. The molecule has 0 aromatic heterocycles. The second kappa shape index (κ2) is 7.60. The summed E-state index contributed by atoms with van der Waals surface area (Å²) >= 11 is 0. The van der Waals surface area contributed by atoms with Gasteiger partial charge in [-0.15, -0.1) is 6.58 Å². The zero-order valence-corrected chi connectivity index (χ0v) is 8.96. The first-order valence-electron chi connectivity index (χ1n) is 4.81. The van der Waals surface area contributed by atoms with Gasteiger partial charge in [0.2, 0.25) is 0 Å². The Hall–Kier alpha value is -1.04. The summed E-state index contributed by atoms with van der Waals surface area (Å²) in [6, 6.07) is 10.6. The molecule has 0 saturated heterocycles. The van der Waals surface area contributed by atoms with E-state index in [0.29, 0.717) is 0 Å². The fourth-order valence-corrected chi connectivity index (χ4v) is 1.09. The smallest absolute Gasteiger partial charge is 0.0256 e. The third kappa shape index (κ3) is 7.32. The Kier molecular flexibility index (Phi) is 6.99. The minimum Gasteiger partial charge on any atom is -0.103 e. The molecule has 0 unspecified atom stereocenters. The lowest BCUT2D eigenvalue weighted by Crippen LogP contribution is -1.92. The van der Waals surface area contributed by atoms with Gasteiger partial charge in [0.15, 0.2) is 0 Å². The Labute approximate surface area is 82.3 Å². The Bertz CT molecular complexity index is 209. The molecular weight excluding hydrogens is 156 g/mol. The molecule has 0 nitrogen and oxygen atoms in total. The van der Waals surface area contributed by atoms with Gasteiger partial charge in [0, 0.05) is 0 Å². The van der Waals surface area contributed by atoms with Crippen molar-refractivity contribution in [2.75, 3.05) is 0 Å². The van der Waals surface area contributed by atoms with Crippen LogP contribution in [-0.4, -0.2) is 0 Å². The third-order valence-electron chi connectivity index (χ3n) is 1.49. The van der Waals surface area contributed by atoms with Gasteiger partial charge in [-0.1, -0.05) is 50.3 Å². The zero-order valence-electron chi connectivity index (χ0n) is 8.96. The van der Waals surface area contributed by atoms with Crippen molar-refractivity contribution in [2.45, 2.75) is 27.2 Å². The molecule has 0 spiro atoms. The van der Waals surface area contributed by atoms with Crippen LogP contribution in [0.2, 0.25) is 0 Å². The molecule has 0 amide bonds. The van der Waals surface area contributed by atoms with Crippen molar-refractivity contribution in [1.29, 1.82) is 0 Å². The molecule has 0 radical (unpaired) electrons. The van der Waals surface area contributed by atoms with Crippen molar-refractivity contribution >= 4 is 0 Å². The summed E-state index contributed by atoms with van der Waals surface area (Å²) in [5, 5.41) is 0. The van der Waals surface area contributed by atoms with Crippen molar-refractivity contribution < 1.29 is 0 Å². The Morgan fingerprint density at radius 3 is 2.08 bits per heavy atom. The van der Waals surface area contributed by atoms with Crippen molar-refractivity contribution in [1.82, 2.24) is 0 Å². The molecule has 0 atom stereocenters. The predicted octanol–water partition coefficient (Wildman–Crippen LogP) is 4.08. The number of hydrogen-bond donors (Lipinski definition) is 0. The number of benzene rings is 1. The van der Waals surface area contributed by atoms with Gasteiger partial charge in [-0.2, -0.15) is 0 Å². The molecule has 1 aromatic carbocycles. The van der Waals surface area contributed by atoms with Crippen LogP contribution in [0, 0.1) is 5.92 Å². The Morgan fingerprint density at radius 1 is 1.23 bits per heavy atom. The minimum atomic E-state index is 0.766. The molecule has 0 N–H and O–H groups in total. The van der Waals surface area contributed by atoms with E-state index >= 15 is 0 Å². The van der Waals surface area contributed by atoms with Gasteiger partial charge < -0.3 is 0 Å². The molecule has 1 rings (SSSR count). The van der Waals surface area contributed by atoms with E-state index in [0.717, 1.165) is 5.92 Å². The summed E-state index contributed by atoms with van der Waals surface area (Å²) in [5.41, 5.74) is 1.44. The molecule has 0 bridgehead atoms. The summed E-state index contributed by atoms with van der Waals surface area (Å²) in [5.74, 6) is 0.766. The third-order valence-corrected chi connectivity index (χ3v) is 1.49. The quantitative estimate of drug-likeness (QED) is 0.596. The van der Waals surface area contributed by atoms with E-state index in [1.165, 1.54) is 12.0 Å². The van der Waals surface area contributed by atoms with Crippen LogP contribution >= 0.6 is 0 Å². The first-order chi connectivity index (χ1) is 6.20. The average Bonchev–Trinajstić information content (AvgIpc) is 2.06. The van der Waals surface area contributed by atoms with Gasteiger partial charge in [0.05, 0.1) is 0 Å². The molecule has 0 saturated carbocycles. The van der Waals surface area contributed by atoms with Crippen LogP contribution in [0.1, 0.15) is 26.3 Å². The van der Waals surface area contributed by atoms with Crippen molar-refractivity contribution in [3.8, 4) is 0 Å². The highest BCUT2D eigenvalue weighted by atomic mass is 14.0. The first-order valence-corrected chi connectivity index (χ1v) is 4.81. The SMILES string of the molecule is C=CC.CC(C)Cc1ccccc1. The second-order valence-electron chi connectivity index (χ2n) is 3.49. The number of allylic oxidation sites excluding steroid dienone is 1. The molecule has 0 aliphatic carbocycles. The molecule has 0 fully saturated rings. The van der Waals surface area contributed by atoms with Crippen LogP contribution in [0.3, 0.4) is 0 Å². The summed E-state index contributed by atoms with van der Waals surface area (Å²) in [7, 11) is 0. The molecule has 0 heteroatoms. The van der Waals surface area contributed by atoms with E-state index in [9.17, 15) is 0 Å². The Balaban J connectivity index is 0.000000424. The van der Waals surface area contributed by atoms with Gasteiger partial charge >= 0.3 is 0 Å². The minimum absolute atomic E-state index is 0.766. The van der Waals surface area contributed by atoms with Crippen LogP contribution in [0.25, 0.3) is 0 Å². The summed E-state index contributed by atoms with van der Waals surface area (Å²) in [4.78, 5) is 0. The maximum Gasteiger partial charge on any atom is -0.0256 e.